The van der Waals surface area contributed by atoms with Gasteiger partial charge in [-0.15, -0.1) is 0 Å². The average molecular weight is 300 g/mol. The Hall–Kier alpha value is -2.49. The van der Waals surface area contributed by atoms with Gasteiger partial charge < -0.3 is 14.6 Å². The summed E-state index contributed by atoms with van der Waals surface area (Å²) >= 11 is 0. The van der Waals surface area contributed by atoms with Crippen molar-refractivity contribution >= 4 is 5.97 Å². The number of phenols is 1. The number of ether oxygens (including phenoxy) is 2. The molecule has 0 atom stereocenters. The Kier molecular flexibility index (Phi) is 4.40. The van der Waals surface area contributed by atoms with E-state index in [1.54, 1.807) is 19.2 Å². The molecule has 0 aromatic heterocycles. The molecule has 0 aliphatic heterocycles. The molecule has 0 bridgehead atoms. The van der Waals surface area contributed by atoms with Crippen molar-refractivity contribution in [2.45, 2.75) is 26.2 Å². The van der Waals surface area contributed by atoms with E-state index in [9.17, 15) is 9.90 Å². The number of carbonyl (C=O) groups is 1. The number of esters is 1. The lowest BCUT2D eigenvalue weighted by Gasteiger charge is -2.26. The summed E-state index contributed by atoms with van der Waals surface area (Å²) in [5.41, 5.74) is 1.71. The van der Waals surface area contributed by atoms with E-state index in [1.165, 1.54) is 6.92 Å². The van der Waals surface area contributed by atoms with Gasteiger partial charge in [0.05, 0.1) is 7.11 Å². The predicted molar refractivity (Wildman–Crippen MR) is 84.5 cm³/mol. The molecule has 2 aromatic carbocycles. The van der Waals surface area contributed by atoms with E-state index < -0.39 is 5.97 Å². The Morgan fingerprint density at radius 2 is 1.64 bits per heavy atom. The van der Waals surface area contributed by atoms with Gasteiger partial charge in [0, 0.05) is 12.3 Å². The second-order valence-electron chi connectivity index (χ2n) is 5.63. The maximum atomic E-state index is 11.0. The Labute approximate surface area is 130 Å². The number of methoxy groups -OCH3 is 1. The number of carbonyl (C=O) groups excluding carboxylic acids is 1. The van der Waals surface area contributed by atoms with E-state index in [2.05, 4.69) is 13.8 Å². The SMILES string of the molecule is COc1ccc(C(C)(C)c2ccc(OC(C)=O)c(O)c2)cc1. The quantitative estimate of drug-likeness (QED) is 0.691. The molecule has 0 amide bonds. The maximum absolute atomic E-state index is 11.0. The van der Waals surface area contributed by atoms with Gasteiger partial charge in [-0.3, -0.25) is 4.79 Å². The summed E-state index contributed by atoms with van der Waals surface area (Å²) in [5, 5.41) is 10.0. The van der Waals surface area contributed by atoms with Gasteiger partial charge in [0.2, 0.25) is 0 Å². The summed E-state index contributed by atoms with van der Waals surface area (Å²) in [5.74, 6) is 0.459. The zero-order valence-corrected chi connectivity index (χ0v) is 13.2. The number of hydrogen-bond acceptors (Lipinski definition) is 4. The van der Waals surface area contributed by atoms with E-state index in [0.29, 0.717) is 0 Å². The van der Waals surface area contributed by atoms with Crippen LogP contribution in [0.3, 0.4) is 0 Å². The van der Waals surface area contributed by atoms with Crippen molar-refractivity contribution in [3.8, 4) is 17.2 Å². The smallest absolute Gasteiger partial charge is 0.308 e. The topological polar surface area (TPSA) is 55.8 Å². The summed E-state index contributed by atoms with van der Waals surface area (Å²) in [6, 6.07) is 12.9. The van der Waals surface area contributed by atoms with Crippen molar-refractivity contribution in [2.75, 3.05) is 7.11 Å². The summed E-state index contributed by atoms with van der Waals surface area (Å²) < 4.78 is 10.1. The molecule has 0 saturated heterocycles. The van der Waals surface area contributed by atoms with Gasteiger partial charge in [0.25, 0.3) is 0 Å². The Balaban J connectivity index is 2.35. The van der Waals surface area contributed by atoms with Crippen molar-refractivity contribution in [3.05, 3.63) is 53.6 Å². The third-order valence-corrected chi connectivity index (χ3v) is 3.75. The van der Waals surface area contributed by atoms with Gasteiger partial charge in [-0.1, -0.05) is 32.0 Å². The van der Waals surface area contributed by atoms with Crippen LogP contribution >= 0.6 is 0 Å². The monoisotopic (exact) mass is 300 g/mol. The van der Waals surface area contributed by atoms with Crippen LogP contribution in [0, 0.1) is 0 Å². The molecule has 22 heavy (non-hydrogen) atoms. The molecule has 0 aliphatic rings. The highest BCUT2D eigenvalue weighted by Crippen LogP contribution is 2.37. The van der Waals surface area contributed by atoms with E-state index in [0.717, 1.165) is 16.9 Å². The highest BCUT2D eigenvalue weighted by atomic mass is 16.5. The molecule has 0 unspecified atom stereocenters. The third kappa shape index (κ3) is 3.22. The first-order valence-electron chi connectivity index (χ1n) is 7.01. The first-order valence-corrected chi connectivity index (χ1v) is 7.01. The van der Waals surface area contributed by atoms with E-state index in [4.69, 9.17) is 9.47 Å². The molecular weight excluding hydrogens is 280 g/mol. The summed E-state index contributed by atoms with van der Waals surface area (Å²) in [6.45, 7) is 5.43. The van der Waals surface area contributed by atoms with Gasteiger partial charge in [0.15, 0.2) is 11.5 Å². The number of benzene rings is 2. The Morgan fingerprint density at radius 1 is 1.05 bits per heavy atom. The van der Waals surface area contributed by atoms with Crippen molar-refractivity contribution < 1.29 is 19.4 Å². The lowest BCUT2D eigenvalue weighted by molar-refractivity contribution is -0.132. The van der Waals surface area contributed by atoms with Crippen LogP contribution in [0.4, 0.5) is 0 Å². The highest BCUT2D eigenvalue weighted by molar-refractivity contribution is 5.70. The van der Waals surface area contributed by atoms with Gasteiger partial charge in [-0.25, -0.2) is 0 Å². The molecule has 0 heterocycles. The average Bonchev–Trinajstić information content (AvgIpc) is 2.49. The van der Waals surface area contributed by atoms with Crippen LogP contribution in [0.5, 0.6) is 17.2 Å². The van der Waals surface area contributed by atoms with Crippen molar-refractivity contribution in [2.24, 2.45) is 0 Å². The van der Waals surface area contributed by atoms with E-state index in [1.807, 2.05) is 30.3 Å². The van der Waals surface area contributed by atoms with Crippen LogP contribution in [-0.2, 0) is 10.2 Å². The molecular formula is C18H20O4. The van der Waals surface area contributed by atoms with Crippen LogP contribution in [0.15, 0.2) is 42.5 Å². The normalized spacial score (nSPS) is 11.1. The third-order valence-electron chi connectivity index (χ3n) is 3.75. The molecule has 2 rings (SSSR count). The van der Waals surface area contributed by atoms with Crippen molar-refractivity contribution in [3.63, 3.8) is 0 Å². The molecule has 1 N–H and O–H groups in total. The molecule has 4 nitrogen and oxygen atoms in total. The zero-order chi connectivity index (χ0) is 16.3. The molecule has 0 aliphatic carbocycles. The van der Waals surface area contributed by atoms with Crippen LogP contribution in [-0.4, -0.2) is 18.2 Å². The molecule has 0 saturated carbocycles. The summed E-state index contributed by atoms with van der Waals surface area (Å²) in [7, 11) is 1.63. The van der Waals surface area contributed by atoms with Crippen molar-refractivity contribution in [1.82, 2.24) is 0 Å². The number of phenolic OH excluding ortho intramolecular Hbond substituents is 1. The first-order chi connectivity index (χ1) is 10.3. The van der Waals surface area contributed by atoms with Crippen molar-refractivity contribution in [1.29, 1.82) is 0 Å². The second kappa shape index (κ2) is 6.10. The summed E-state index contributed by atoms with van der Waals surface area (Å²) in [6.07, 6.45) is 0. The van der Waals surface area contributed by atoms with E-state index >= 15 is 0 Å². The Bertz CT molecular complexity index is 672. The van der Waals surface area contributed by atoms with Crippen LogP contribution in [0.2, 0.25) is 0 Å². The van der Waals surface area contributed by atoms with Crippen LogP contribution in [0.1, 0.15) is 31.9 Å². The number of rotatable bonds is 4. The largest absolute Gasteiger partial charge is 0.504 e. The molecule has 0 spiro atoms. The molecule has 0 fully saturated rings. The Morgan fingerprint density at radius 3 is 2.14 bits per heavy atom. The fourth-order valence-electron chi connectivity index (χ4n) is 2.32. The minimum absolute atomic E-state index is 0.0470. The lowest BCUT2D eigenvalue weighted by Crippen LogP contribution is -2.18. The first kappa shape index (κ1) is 15.9. The standard InChI is InChI=1S/C18H20O4/c1-12(19)22-17-10-7-14(11-16(17)20)18(2,3)13-5-8-15(21-4)9-6-13/h5-11,20H,1-4H3. The van der Waals surface area contributed by atoms with Gasteiger partial charge in [-0.05, 0) is 35.4 Å². The number of hydrogen-bond donors (Lipinski definition) is 1. The fraction of sp³-hybridized carbons (Fsp3) is 0.278. The molecule has 116 valence electrons. The summed E-state index contributed by atoms with van der Waals surface area (Å²) in [4.78, 5) is 11.0. The zero-order valence-electron chi connectivity index (χ0n) is 13.2. The van der Waals surface area contributed by atoms with E-state index in [-0.39, 0.29) is 16.9 Å². The van der Waals surface area contributed by atoms with Crippen LogP contribution in [0.25, 0.3) is 0 Å². The fourth-order valence-corrected chi connectivity index (χ4v) is 2.32. The van der Waals surface area contributed by atoms with Gasteiger partial charge >= 0.3 is 5.97 Å². The minimum atomic E-state index is -0.461. The van der Waals surface area contributed by atoms with Gasteiger partial charge in [0.1, 0.15) is 5.75 Å². The maximum Gasteiger partial charge on any atom is 0.308 e. The number of aromatic hydroxyl groups is 1. The van der Waals surface area contributed by atoms with Gasteiger partial charge in [-0.2, -0.15) is 0 Å². The minimum Gasteiger partial charge on any atom is -0.504 e. The predicted octanol–water partition coefficient (Wildman–Crippen LogP) is 3.65. The second-order valence-corrected chi connectivity index (χ2v) is 5.63. The highest BCUT2D eigenvalue weighted by Gasteiger charge is 2.24. The molecule has 4 heteroatoms. The lowest BCUT2D eigenvalue weighted by atomic mass is 9.78. The molecule has 2 aromatic rings. The molecule has 0 radical (unpaired) electrons. The van der Waals surface area contributed by atoms with Crippen LogP contribution < -0.4 is 9.47 Å².